The molecular weight excluding hydrogens is 276 g/mol. The Labute approximate surface area is 130 Å². The van der Waals surface area contributed by atoms with Gasteiger partial charge in [0.05, 0.1) is 32.9 Å². The average molecular weight is 294 g/mol. The lowest BCUT2D eigenvalue weighted by Crippen LogP contribution is -2.49. The molecular formula is C18H18N2O2. The fraction of sp³-hybridized carbons (Fsp3) is 0.278. The summed E-state index contributed by atoms with van der Waals surface area (Å²) in [5.41, 5.74) is 3.48. The molecule has 2 aromatic rings. The lowest BCUT2D eigenvalue weighted by Gasteiger charge is -2.34. The molecule has 0 unspecified atom stereocenters. The number of nitrogens with zero attached hydrogens (tertiary/aromatic N) is 2. The highest BCUT2D eigenvalue weighted by Gasteiger charge is 2.26. The Morgan fingerprint density at radius 3 is 2.18 bits per heavy atom. The van der Waals surface area contributed by atoms with Gasteiger partial charge in [-0.3, -0.25) is 0 Å². The zero-order chi connectivity index (χ0) is 15.4. The Bertz CT molecular complexity index is 653. The van der Waals surface area contributed by atoms with Crippen molar-refractivity contribution in [3.8, 4) is 23.1 Å². The molecule has 4 heteroatoms. The number of rotatable bonds is 5. The highest BCUT2D eigenvalue weighted by atomic mass is 16.5. The van der Waals surface area contributed by atoms with Crippen LogP contribution in [0.15, 0.2) is 48.5 Å². The van der Waals surface area contributed by atoms with Crippen molar-refractivity contribution < 1.29 is 9.47 Å². The van der Waals surface area contributed by atoms with E-state index in [-0.39, 0.29) is 6.10 Å². The van der Waals surface area contributed by atoms with Crippen LogP contribution >= 0.6 is 0 Å². The quantitative estimate of drug-likeness (QED) is 0.795. The fourth-order valence-electron chi connectivity index (χ4n) is 2.42. The summed E-state index contributed by atoms with van der Waals surface area (Å²) >= 11 is 0. The van der Waals surface area contributed by atoms with Gasteiger partial charge in [-0.2, -0.15) is 5.26 Å². The Hall–Kier alpha value is -2.51. The smallest absolute Gasteiger partial charge is 0.179 e. The van der Waals surface area contributed by atoms with Gasteiger partial charge in [-0.1, -0.05) is 36.4 Å². The average Bonchev–Trinajstić information content (AvgIpc) is 2.54. The van der Waals surface area contributed by atoms with Gasteiger partial charge in [-0.15, -0.1) is 0 Å². The molecule has 112 valence electrons. The minimum absolute atomic E-state index is 0.181. The van der Waals surface area contributed by atoms with Crippen molar-refractivity contribution in [2.75, 3.05) is 20.2 Å². The summed E-state index contributed by atoms with van der Waals surface area (Å²) < 4.78 is 10.9. The number of hydrogen-bond acceptors (Lipinski definition) is 4. The normalized spacial score (nSPS) is 14.3. The molecule has 0 aliphatic carbocycles. The number of nitriles is 1. The molecule has 0 radical (unpaired) electrons. The summed E-state index contributed by atoms with van der Waals surface area (Å²) in [6, 6.07) is 16.4. The molecule has 0 atom stereocenters. The molecule has 1 saturated heterocycles. The van der Waals surface area contributed by atoms with Crippen LogP contribution in [0.1, 0.15) is 5.56 Å². The van der Waals surface area contributed by atoms with Gasteiger partial charge in [0.25, 0.3) is 0 Å². The molecule has 1 aliphatic rings. The van der Waals surface area contributed by atoms with E-state index in [9.17, 15) is 0 Å². The minimum Gasteiger partial charge on any atom is -0.497 e. The van der Waals surface area contributed by atoms with E-state index in [1.54, 1.807) is 12.0 Å². The summed E-state index contributed by atoms with van der Waals surface area (Å²) in [6.45, 7) is 2.01. The topological polar surface area (TPSA) is 45.5 Å². The summed E-state index contributed by atoms with van der Waals surface area (Å²) in [6.07, 6.45) is 2.29. The Morgan fingerprint density at radius 1 is 1.05 bits per heavy atom. The van der Waals surface area contributed by atoms with Gasteiger partial charge in [-0.25, -0.2) is 0 Å². The monoisotopic (exact) mass is 294 g/mol. The van der Waals surface area contributed by atoms with Crippen LogP contribution in [0.25, 0.3) is 11.1 Å². The van der Waals surface area contributed by atoms with E-state index < -0.39 is 0 Å². The molecule has 2 aromatic carbocycles. The van der Waals surface area contributed by atoms with Crippen molar-refractivity contribution >= 4 is 0 Å². The Balaban J connectivity index is 1.57. The standard InChI is InChI=1S/C18H18N2O2/c1-21-17-8-6-16(7-9-17)15-4-2-14(3-5-15)12-22-18-10-20(11-18)13-19/h2-9,18H,10-12H2,1H3. The van der Waals surface area contributed by atoms with E-state index in [1.807, 2.05) is 12.1 Å². The predicted octanol–water partition coefficient (Wildman–Crippen LogP) is 3.04. The van der Waals surface area contributed by atoms with Gasteiger partial charge in [0.15, 0.2) is 6.19 Å². The van der Waals surface area contributed by atoms with Crippen molar-refractivity contribution in [3.05, 3.63) is 54.1 Å². The van der Waals surface area contributed by atoms with Crippen molar-refractivity contribution in [1.82, 2.24) is 4.90 Å². The number of likely N-dealkylation sites (tertiary alicyclic amines) is 1. The Morgan fingerprint density at radius 2 is 1.64 bits per heavy atom. The molecule has 4 nitrogen and oxygen atoms in total. The van der Waals surface area contributed by atoms with Crippen molar-refractivity contribution in [2.24, 2.45) is 0 Å². The van der Waals surface area contributed by atoms with E-state index in [4.69, 9.17) is 14.7 Å². The summed E-state index contributed by atoms with van der Waals surface area (Å²) in [5.74, 6) is 0.862. The third-order valence-electron chi connectivity index (χ3n) is 3.85. The first-order valence-corrected chi connectivity index (χ1v) is 7.28. The van der Waals surface area contributed by atoms with Crippen LogP contribution in [-0.2, 0) is 11.3 Å². The third-order valence-corrected chi connectivity index (χ3v) is 3.85. The molecule has 1 heterocycles. The second-order valence-corrected chi connectivity index (χ2v) is 5.36. The maximum atomic E-state index is 8.67. The molecule has 0 aromatic heterocycles. The second-order valence-electron chi connectivity index (χ2n) is 5.36. The molecule has 1 fully saturated rings. The number of benzene rings is 2. The van der Waals surface area contributed by atoms with Gasteiger partial charge in [0, 0.05) is 0 Å². The lowest BCUT2D eigenvalue weighted by molar-refractivity contribution is -0.0400. The first-order valence-electron chi connectivity index (χ1n) is 7.28. The summed E-state index contributed by atoms with van der Waals surface area (Å²) in [5, 5.41) is 8.67. The molecule has 1 aliphatic heterocycles. The first kappa shape index (κ1) is 14.4. The van der Waals surface area contributed by atoms with E-state index in [0.717, 1.165) is 16.9 Å². The molecule has 0 amide bonds. The van der Waals surface area contributed by atoms with Gasteiger partial charge >= 0.3 is 0 Å². The van der Waals surface area contributed by atoms with Gasteiger partial charge in [0.1, 0.15) is 5.75 Å². The Kier molecular flexibility index (Phi) is 4.27. The van der Waals surface area contributed by atoms with Gasteiger partial charge in [0.2, 0.25) is 0 Å². The van der Waals surface area contributed by atoms with E-state index in [1.165, 1.54) is 5.56 Å². The first-order chi connectivity index (χ1) is 10.8. The number of methoxy groups -OCH3 is 1. The molecule has 0 bridgehead atoms. The molecule has 0 N–H and O–H groups in total. The third kappa shape index (κ3) is 3.21. The van der Waals surface area contributed by atoms with Gasteiger partial charge in [-0.05, 0) is 28.8 Å². The summed E-state index contributed by atoms with van der Waals surface area (Å²) in [4.78, 5) is 1.69. The zero-order valence-electron chi connectivity index (χ0n) is 12.5. The minimum atomic E-state index is 0.181. The molecule has 22 heavy (non-hydrogen) atoms. The molecule has 0 saturated carbocycles. The lowest BCUT2D eigenvalue weighted by atomic mass is 10.0. The van der Waals surface area contributed by atoms with E-state index >= 15 is 0 Å². The van der Waals surface area contributed by atoms with E-state index in [2.05, 4.69) is 42.6 Å². The van der Waals surface area contributed by atoms with Crippen molar-refractivity contribution in [3.63, 3.8) is 0 Å². The van der Waals surface area contributed by atoms with Crippen LogP contribution in [-0.4, -0.2) is 31.2 Å². The van der Waals surface area contributed by atoms with Crippen LogP contribution in [0.3, 0.4) is 0 Å². The molecule has 3 rings (SSSR count). The zero-order valence-corrected chi connectivity index (χ0v) is 12.5. The van der Waals surface area contributed by atoms with E-state index in [0.29, 0.717) is 19.7 Å². The number of ether oxygens (including phenoxy) is 2. The molecule has 0 spiro atoms. The maximum absolute atomic E-state index is 8.67. The van der Waals surface area contributed by atoms with Crippen molar-refractivity contribution in [1.29, 1.82) is 5.26 Å². The highest BCUT2D eigenvalue weighted by Crippen LogP contribution is 2.23. The number of hydrogen-bond donors (Lipinski definition) is 0. The second kappa shape index (κ2) is 6.50. The van der Waals surface area contributed by atoms with Crippen LogP contribution < -0.4 is 4.74 Å². The largest absolute Gasteiger partial charge is 0.497 e. The van der Waals surface area contributed by atoms with Crippen molar-refractivity contribution in [2.45, 2.75) is 12.7 Å². The van der Waals surface area contributed by atoms with Crippen LogP contribution in [0, 0.1) is 11.5 Å². The SMILES string of the molecule is COc1ccc(-c2ccc(COC3CN(C#N)C3)cc2)cc1. The highest BCUT2D eigenvalue weighted by molar-refractivity contribution is 5.64. The van der Waals surface area contributed by atoms with Crippen LogP contribution in [0.2, 0.25) is 0 Å². The fourth-order valence-corrected chi connectivity index (χ4v) is 2.42. The van der Waals surface area contributed by atoms with Gasteiger partial charge < -0.3 is 14.4 Å². The predicted molar refractivity (Wildman–Crippen MR) is 84.2 cm³/mol. The maximum Gasteiger partial charge on any atom is 0.179 e. The van der Waals surface area contributed by atoms with Crippen LogP contribution in [0.5, 0.6) is 5.75 Å². The van der Waals surface area contributed by atoms with Crippen LogP contribution in [0.4, 0.5) is 0 Å². The summed E-state index contributed by atoms with van der Waals surface area (Å²) in [7, 11) is 1.67.